The van der Waals surface area contributed by atoms with Crippen LogP contribution in [0.2, 0.25) is 5.02 Å². The summed E-state index contributed by atoms with van der Waals surface area (Å²) in [5.41, 5.74) is -2.09. The number of benzene rings is 5. The predicted octanol–water partition coefficient (Wildman–Crippen LogP) is 11.6. The van der Waals surface area contributed by atoms with Crippen molar-refractivity contribution in [3.05, 3.63) is 132 Å². The van der Waals surface area contributed by atoms with E-state index in [-0.39, 0.29) is 28.4 Å². The maximum absolute atomic E-state index is 15.8. The molecule has 5 aromatic carbocycles. The minimum absolute atomic E-state index is 0.0149. The van der Waals surface area contributed by atoms with Gasteiger partial charge in [0.05, 0.1) is 27.3 Å². The quantitative estimate of drug-likeness (QED) is 0.0307. The van der Waals surface area contributed by atoms with Gasteiger partial charge in [0.25, 0.3) is 19.9 Å². The molecule has 2 N–H and O–H groups in total. The first-order chi connectivity index (χ1) is 35.9. The number of hydrogen-bond acceptors (Lipinski definition) is 13. The Morgan fingerprint density at radius 3 is 2.01 bits per heavy atom. The van der Waals surface area contributed by atoms with Crippen molar-refractivity contribution >= 4 is 88.7 Å². The molecule has 0 radical (unpaired) electrons. The Morgan fingerprint density at radius 2 is 1.42 bits per heavy atom. The number of aromatic nitrogens is 1. The molecule has 3 heterocycles. The number of nitrogens with one attached hydrogen (secondary N) is 2. The van der Waals surface area contributed by atoms with E-state index < -0.39 is 56.9 Å². The Balaban J connectivity index is 0.983. The van der Waals surface area contributed by atoms with Crippen LogP contribution in [0.1, 0.15) is 44.8 Å². The van der Waals surface area contributed by atoms with Crippen LogP contribution in [0, 0.1) is 12.7 Å². The number of thiol groups is 1. The highest BCUT2D eigenvalue weighted by molar-refractivity contribution is 7.99. The van der Waals surface area contributed by atoms with Crippen molar-refractivity contribution in [2.75, 3.05) is 77.7 Å². The molecule has 76 heavy (non-hydrogen) atoms. The zero-order chi connectivity index (χ0) is 54.7. The largest absolute Gasteiger partial charge is 0.501 e. The lowest BCUT2D eigenvalue weighted by atomic mass is 9.99. The number of piperidine rings is 1. The van der Waals surface area contributed by atoms with Gasteiger partial charge in [0.15, 0.2) is 9.84 Å². The molecule has 0 unspecified atom stereocenters. The fourth-order valence-electron chi connectivity index (χ4n) is 9.87. The van der Waals surface area contributed by atoms with Crippen molar-refractivity contribution in [2.24, 2.45) is 0 Å². The van der Waals surface area contributed by atoms with Crippen LogP contribution in [-0.4, -0.2) is 110 Å². The zero-order valence-corrected chi connectivity index (χ0v) is 47.0. The maximum atomic E-state index is 15.8. The van der Waals surface area contributed by atoms with Crippen LogP contribution in [-0.2, 0) is 33.9 Å². The molecule has 8 rings (SSSR count). The molecule has 2 fully saturated rings. The average molecular weight is 1160 g/mol. The molecule has 0 bridgehead atoms. The molecule has 0 aliphatic carbocycles. The number of piperazine rings is 1. The van der Waals surface area contributed by atoms with Crippen molar-refractivity contribution in [2.45, 2.75) is 83.3 Å². The number of likely N-dealkylation sites (tertiary alicyclic amines) is 1. The van der Waals surface area contributed by atoms with Crippen molar-refractivity contribution in [1.82, 2.24) is 9.47 Å². The van der Waals surface area contributed by atoms with E-state index in [0.29, 0.717) is 84.2 Å². The average Bonchev–Trinajstić information content (AvgIpc) is 3.71. The van der Waals surface area contributed by atoms with Gasteiger partial charge in [0, 0.05) is 108 Å². The standard InChI is InChI=1S/C53H59ClF4N6O7S5/c1-35(2)64-36(3)52(74(4,65)66)50(51(64)37-10-12-39(54)13-11-37)38-30-40(55)32-44(31-38)63-28-26-62(27-29-63)43-16-14-41(15-17-43)60-76(69,70)47-18-19-48(49(33-47)75(67,68)53(56,57)58)59-42(34-73-46-8-6-5-7-9-46)20-23-61-24-21-45(71-72)22-25-61/h5-19,30-33,35,42,45,59-60,72H,20-29,34H2,1-4H3/t42-/m1/s1. The topological polar surface area (TPSA) is 150 Å². The molecule has 1 atom stereocenters. The van der Waals surface area contributed by atoms with Gasteiger partial charge in [-0.25, -0.2) is 29.6 Å². The van der Waals surface area contributed by atoms with Gasteiger partial charge in [-0.15, -0.1) is 11.8 Å². The van der Waals surface area contributed by atoms with E-state index in [2.05, 4.69) is 27.8 Å². The lowest BCUT2D eigenvalue weighted by molar-refractivity contribution is -0.0435. The Bertz CT molecular complexity index is 3360. The number of alkyl halides is 3. The molecule has 6 aromatic rings. The highest BCUT2D eigenvalue weighted by atomic mass is 35.5. The summed E-state index contributed by atoms with van der Waals surface area (Å²) in [6, 6.07) is 29.3. The fourth-order valence-corrected chi connectivity index (χ4v) is 14.5. The monoisotopic (exact) mass is 1160 g/mol. The first-order valence-corrected chi connectivity index (χ1v) is 31.1. The molecule has 0 saturated carbocycles. The predicted molar refractivity (Wildman–Crippen MR) is 299 cm³/mol. The lowest BCUT2D eigenvalue weighted by Gasteiger charge is -2.37. The van der Waals surface area contributed by atoms with Gasteiger partial charge in [-0.05, 0) is 149 Å². The van der Waals surface area contributed by atoms with Crippen LogP contribution >= 0.6 is 36.3 Å². The summed E-state index contributed by atoms with van der Waals surface area (Å²) in [5, 5.41) is 3.55. The van der Waals surface area contributed by atoms with Crippen molar-refractivity contribution in [3.63, 3.8) is 0 Å². The molecular weight excluding hydrogens is 1100 g/mol. The number of anilines is 4. The van der Waals surface area contributed by atoms with Crippen molar-refractivity contribution in [1.29, 1.82) is 0 Å². The summed E-state index contributed by atoms with van der Waals surface area (Å²) in [7, 11) is -14.5. The van der Waals surface area contributed by atoms with E-state index in [9.17, 15) is 38.4 Å². The Labute approximate surface area is 457 Å². The third kappa shape index (κ3) is 13.1. The molecule has 0 spiro atoms. The first kappa shape index (κ1) is 57.2. The number of thioether (sulfide) groups is 1. The second-order valence-corrected chi connectivity index (χ2v) is 26.5. The molecule has 0 amide bonds. The van der Waals surface area contributed by atoms with Gasteiger partial charge >= 0.3 is 5.51 Å². The summed E-state index contributed by atoms with van der Waals surface area (Å²) in [6.45, 7) is 9.49. The van der Waals surface area contributed by atoms with E-state index in [0.717, 1.165) is 60.5 Å². The van der Waals surface area contributed by atoms with Crippen molar-refractivity contribution < 1.29 is 47.0 Å². The molecule has 1 aromatic heterocycles. The van der Waals surface area contributed by atoms with Crippen LogP contribution in [0.25, 0.3) is 22.4 Å². The van der Waals surface area contributed by atoms with Gasteiger partial charge < -0.3 is 28.8 Å². The number of sulfonamides is 1. The zero-order valence-electron chi connectivity index (χ0n) is 42.1. The summed E-state index contributed by atoms with van der Waals surface area (Å²) in [4.78, 5) is 5.37. The second-order valence-electron chi connectivity index (χ2n) is 19.2. The number of rotatable bonds is 19. The summed E-state index contributed by atoms with van der Waals surface area (Å²) < 4.78 is 149. The molecular formula is C53H59ClF4N6O7S5. The van der Waals surface area contributed by atoms with Crippen LogP contribution in [0.3, 0.4) is 0 Å². The summed E-state index contributed by atoms with van der Waals surface area (Å²) in [5.74, 6) is -0.180. The molecule has 2 saturated heterocycles. The van der Waals surface area contributed by atoms with E-state index in [1.54, 1.807) is 37.3 Å². The van der Waals surface area contributed by atoms with E-state index in [1.165, 1.54) is 36.0 Å². The van der Waals surface area contributed by atoms with E-state index in [4.69, 9.17) is 15.8 Å². The molecule has 2 aliphatic heterocycles. The Hall–Kier alpha value is -4.94. The number of hydrogen-bond donors (Lipinski definition) is 3. The third-order valence-electron chi connectivity index (χ3n) is 13.6. The van der Waals surface area contributed by atoms with Gasteiger partial charge in [-0.1, -0.05) is 41.9 Å². The lowest BCUT2D eigenvalue weighted by Crippen LogP contribution is -2.46. The SMILES string of the molecule is Cc1c(S(C)(=O)=O)c(-c2cc(F)cc(N3CCN(c4ccc(NS(=O)(=O)c5ccc(N[C@H](CCN6CCC(OS)CC6)CSc6ccccc6)c(S(=O)(=O)C(F)(F)F)c5)cc4)CC3)c2)c(-c2ccc(Cl)cc2)n1C(C)C. The minimum atomic E-state index is -6.05. The second kappa shape index (κ2) is 23.6. The Kier molecular flexibility index (Phi) is 17.8. The van der Waals surface area contributed by atoms with Crippen molar-refractivity contribution in [3.8, 4) is 22.4 Å². The van der Waals surface area contributed by atoms with Crippen LogP contribution < -0.4 is 19.8 Å². The van der Waals surface area contributed by atoms with Crippen LogP contribution in [0.5, 0.6) is 0 Å². The molecule has 408 valence electrons. The van der Waals surface area contributed by atoms with Crippen LogP contribution in [0.15, 0.2) is 135 Å². The van der Waals surface area contributed by atoms with E-state index >= 15 is 4.39 Å². The normalized spacial score (nSPS) is 15.8. The first-order valence-electron chi connectivity index (χ1n) is 24.5. The number of nitrogens with zero attached hydrogens (tertiary/aromatic N) is 4. The number of sulfone groups is 2. The maximum Gasteiger partial charge on any atom is 0.501 e. The molecule has 2 aliphatic rings. The highest BCUT2D eigenvalue weighted by Gasteiger charge is 2.48. The Morgan fingerprint density at radius 1 is 0.789 bits per heavy atom. The molecule has 23 heteroatoms. The fraction of sp³-hybridized carbons (Fsp3) is 0.358. The van der Waals surface area contributed by atoms with Gasteiger partial charge in [-0.3, -0.25) is 4.72 Å². The van der Waals surface area contributed by atoms with Crippen LogP contribution in [0.4, 0.5) is 40.3 Å². The van der Waals surface area contributed by atoms with Gasteiger partial charge in [0.2, 0.25) is 0 Å². The smallest absolute Gasteiger partial charge is 0.380 e. The summed E-state index contributed by atoms with van der Waals surface area (Å²) >= 11 is 11.6. The van der Waals surface area contributed by atoms with Gasteiger partial charge in [-0.2, -0.15) is 13.2 Å². The number of halogens is 5. The van der Waals surface area contributed by atoms with Gasteiger partial charge in [0.1, 0.15) is 10.7 Å². The highest BCUT2D eigenvalue weighted by Crippen LogP contribution is 2.45. The third-order valence-corrected chi connectivity index (χ3v) is 19.5. The minimum Gasteiger partial charge on any atom is -0.380 e. The van der Waals surface area contributed by atoms with E-state index in [1.807, 2.05) is 70.7 Å². The summed E-state index contributed by atoms with van der Waals surface area (Å²) in [6.07, 6.45) is 3.11. The molecule has 13 nitrogen and oxygen atoms in total.